The number of unbranched alkanes of at least 4 members (excludes halogenated alkanes) is 33. The molecule has 0 N–H and O–H groups in total. The van der Waals surface area contributed by atoms with Crippen LogP contribution in [0.25, 0.3) is 0 Å². The van der Waals surface area contributed by atoms with E-state index in [4.69, 9.17) is 14.2 Å². The second-order valence-electron chi connectivity index (χ2n) is 17.9. The summed E-state index contributed by atoms with van der Waals surface area (Å²) in [5.41, 5.74) is 0. The predicted molar refractivity (Wildman–Crippen MR) is 243 cm³/mol. The number of rotatable bonds is 46. The van der Waals surface area contributed by atoms with Gasteiger partial charge in [-0.1, -0.05) is 246 Å². The Balaban J connectivity index is 4.29. The van der Waals surface area contributed by atoms with Crippen molar-refractivity contribution in [3.63, 3.8) is 0 Å². The molecule has 57 heavy (non-hydrogen) atoms. The second-order valence-corrected chi connectivity index (χ2v) is 17.9. The highest BCUT2D eigenvalue weighted by molar-refractivity contribution is 5.71. The predicted octanol–water partition coefficient (Wildman–Crippen LogP) is 16.3. The van der Waals surface area contributed by atoms with Crippen molar-refractivity contribution >= 4 is 17.9 Å². The van der Waals surface area contributed by atoms with Gasteiger partial charge in [-0.3, -0.25) is 14.4 Å². The number of hydrogen-bond acceptors (Lipinski definition) is 6. The van der Waals surface area contributed by atoms with Gasteiger partial charge >= 0.3 is 17.9 Å². The molecule has 0 saturated carbocycles. The normalized spacial score (nSPS) is 11.9. The maximum absolute atomic E-state index is 12.8. The van der Waals surface area contributed by atoms with E-state index in [-0.39, 0.29) is 31.1 Å². The molecule has 0 bridgehead atoms. The number of hydrogen-bond donors (Lipinski definition) is 0. The smallest absolute Gasteiger partial charge is 0.306 e. The molecule has 6 nitrogen and oxygen atoms in total. The topological polar surface area (TPSA) is 78.9 Å². The van der Waals surface area contributed by atoms with Crippen LogP contribution in [0.2, 0.25) is 0 Å². The highest BCUT2D eigenvalue weighted by Crippen LogP contribution is 2.17. The van der Waals surface area contributed by atoms with E-state index in [2.05, 4.69) is 27.7 Å². The van der Waals surface area contributed by atoms with Crippen molar-refractivity contribution in [3.8, 4) is 0 Å². The molecular formula is C51H98O6. The van der Waals surface area contributed by atoms with Crippen LogP contribution in [-0.4, -0.2) is 37.2 Å². The zero-order valence-electron chi connectivity index (χ0n) is 38.8. The Morgan fingerprint density at radius 1 is 0.333 bits per heavy atom. The summed E-state index contributed by atoms with van der Waals surface area (Å²) in [5.74, 6) is -0.0667. The Morgan fingerprint density at radius 3 is 0.860 bits per heavy atom. The Morgan fingerprint density at radius 2 is 0.579 bits per heavy atom. The van der Waals surface area contributed by atoms with Crippen molar-refractivity contribution in [2.24, 2.45) is 5.92 Å². The molecule has 6 heteroatoms. The van der Waals surface area contributed by atoms with Crippen LogP contribution in [0.5, 0.6) is 0 Å². The first kappa shape index (κ1) is 55.4. The third-order valence-electron chi connectivity index (χ3n) is 11.5. The fourth-order valence-electron chi connectivity index (χ4n) is 7.69. The summed E-state index contributed by atoms with van der Waals surface area (Å²) in [5, 5.41) is 0. The minimum atomic E-state index is -0.760. The van der Waals surface area contributed by atoms with Crippen LogP contribution in [0, 0.1) is 5.92 Å². The largest absolute Gasteiger partial charge is 0.462 e. The average molecular weight is 807 g/mol. The van der Waals surface area contributed by atoms with Gasteiger partial charge in [0.05, 0.1) is 0 Å². The lowest BCUT2D eigenvalue weighted by Gasteiger charge is -2.18. The highest BCUT2D eigenvalue weighted by atomic mass is 16.6. The lowest BCUT2D eigenvalue weighted by molar-refractivity contribution is -0.167. The standard InChI is InChI=1S/C51H98O6/c1-5-7-9-11-13-15-17-19-21-23-25-27-31-36-40-44-51(54)57-48(46-56-50(53)43-39-35-32-28-29-33-37-41-47(3)4)45-55-49(52)42-38-34-30-26-24-22-20-18-16-14-12-10-8-6-2/h47-48H,5-46H2,1-4H3/t48-/m0/s1. The van der Waals surface area contributed by atoms with Gasteiger partial charge < -0.3 is 14.2 Å². The Bertz CT molecular complexity index is 857. The van der Waals surface area contributed by atoms with Crippen LogP contribution in [0.15, 0.2) is 0 Å². The molecule has 0 aliphatic heterocycles. The van der Waals surface area contributed by atoms with Gasteiger partial charge in [-0.2, -0.15) is 0 Å². The lowest BCUT2D eigenvalue weighted by atomic mass is 10.0. The molecule has 0 saturated heterocycles. The van der Waals surface area contributed by atoms with E-state index < -0.39 is 6.10 Å². The zero-order valence-corrected chi connectivity index (χ0v) is 38.8. The first-order valence-corrected chi connectivity index (χ1v) is 25.4. The van der Waals surface area contributed by atoms with Gasteiger partial charge in [-0.15, -0.1) is 0 Å². The monoisotopic (exact) mass is 807 g/mol. The van der Waals surface area contributed by atoms with Crippen molar-refractivity contribution in [1.29, 1.82) is 0 Å². The molecule has 0 aliphatic rings. The van der Waals surface area contributed by atoms with Gasteiger partial charge in [0.2, 0.25) is 0 Å². The van der Waals surface area contributed by atoms with Gasteiger partial charge in [0.15, 0.2) is 6.10 Å². The van der Waals surface area contributed by atoms with Gasteiger partial charge in [0, 0.05) is 19.3 Å². The molecule has 0 rings (SSSR count). The molecule has 0 aromatic carbocycles. The third-order valence-corrected chi connectivity index (χ3v) is 11.5. The fourth-order valence-corrected chi connectivity index (χ4v) is 7.69. The van der Waals surface area contributed by atoms with Gasteiger partial charge in [-0.05, 0) is 25.2 Å². The van der Waals surface area contributed by atoms with Gasteiger partial charge in [0.25, 0.3) is 0 Å². The van der Waals surface area contributed by atoms with E-state index in [9.17, 15) is 14.4 Å². The Kier molecular flexibility index (Phi) is 44.2. The van der Waals surface area contributed by atoms with E-state index in [1.165, 1.54) is 180 Å². The van der Waals surface area contributed by atoms with E-state index >= 15 is 0 Å². The number of ether oxygens (including phenoxy) is 3. The van der Waals surface area contributed by atoms with E-state index in [0.29, 0.717) is 19.3 Å². The summed E-state index contributed by atoms with van der Waals surface area (Å²) >= 11 is 0. The summed E-state index contributed by atoms with van der Waals surface area (Å²) in [6.07, 6.45) is 46.6. The van der Waals surface area contributed by atoms with E-state index in [1.807, 2.05) is 0 Å². The molecule has 1 atom stereocenters. The highest BCUT2D eigenvalue weighted by Gasteiger charge is 2.19. The molecule has 0 fully saturated rings. The second kappa shape index (κ2) is 45.5. The van der Waals surface area contributed by atoms with Crippen molar-refractivity contribution in [1.82, 2.24) is 0 Å². The van der Waals surface area contributed by atoms with E-state index in [1.54, 1.807) is 0 Å². The molecule has 338 valence electrons. The minimum Gasteiger partial charge on any atom is -0.462 e. The quantitative estimate of drug-likeness (QED) is 0.0346. The van der Waals surface area contributed by atoms with Crippen LogP contribution in [0.4, 0.5) is 0 Å². The van der Waals surface area contributed by atoms with Crippen LogP contribution in [0.1, 0.15) is 285 Å². The summed E-state index contributed by atoms with van der Waals surface area (Å²) in [7, 11) is 0. The summed E-state index contributed by atoms with van der Waals surface area (Å²) in [6.45, 7) is 8.97. The number of esters is 3. The summed E-state index contributed by atoms with van der Waals surface area (Å²) in [6, 6.07) is 0. The van der Waals surface area contributed by atoms with Crippen molar-refractivity contribution in [2.75, 3.05) is 13.2 Å². The van der Waals surface area contributed by atoms with E-state index in [0.717, 1.165) is 63.7 Å². The maximum atomic E-state index is 12.8. The van der Waals surface area contributed by atoms with Crippen molar-refractivity contribution in [3.05, 3.63) is 0 Å². The molecule has 0 radical (unpaired) electrons. The minimum absolute atomic E-state index is 0.0634. The average Bonchev–Trinajstić information content (AvgIpc) is 3.19. The van der Waals surface area contributed by atoms with Crippen LogP contribution in [-0.2, 0) is 28.6 Å². The molecular weight excluding hydrogens is 709 g/mol. The third kappa shape index (κ3) is 45.3. The first-order chi connectivity index (χ1) is 27.9. The number of carbonyl (C=O) groups excluding carboxylic acids is 3. The van der Waals surface area contributed by atoms with Gasteiger partial charge in [0.1, 0.15) is 13.2 Å². The van der Waals surface area contributed by atoms with Crippen molar-refractivity contribution < 1.29 is 28.6 Å². The Hall–Kier alpha value is -1.59. The zero-order chi connectivity index (χ0) is 41.7. The fraction of sp³-hybridized carbons (Fsp3) is 0.941. The Labute approximate surface area is 355 Å². The summed E-state index contributed by atoms with van der Waals surface area (Å²) in [4.78, 5) is 37.9. The number of carbonyl (C=O) groups is 3. The molecule has 0 unspecified atom stereocenters. The maximum Gasteiger partial charge on any atom is 0.306 e. The van der Waals surface area contributed by atoms with Crippen LogP contribution >= 0.6 is 0 Å². The van der Waals surface area contributed by atoms with Crippen LogP contribution < -0.4 is 0 Å². The molecule has 0 aliphatic carbocycles. The SMILES string of the molecule is CCCCCCCCCCCCCCCCCC(=O)O[C@@H](COC(=O)CCCCCCCCCCCCCCCC)COC(=O)CCCCCCCCCC(C)C. The molecule has 0 heterocycles. The first-order valence-electron chi connectivity index (χ1n) is 25.4. The summed E-state index contributed by atoms with van der Waals surface area (Å²) < 4.78 is 16.8. The van der Waals surface area contributed by atoms with Gasteiger partial charge in [-0.25, -0.2) is 0 Å². The molecule has 0 spiro atoms. The molecule has 0 amide bonds. The molecule has 0 aromatic rings. The van der Waals surface area contributed by atoms with Crippen molar-refractivity contribution in [2.45, 2.75) is 291 Å². The molecule has 0 aromatic heterocycles. The lowest BCUT2D eigenvalue weighted by Crippen LogP contribution is -2.30. The van der Waals surface area contributed by atoms with Crippen LogP contribution in [0.3, 0.4) is 0 Å².